The number of aryl methyl sites for hydroxylation is 1. The number of aliphatic hydroxyl groups excluding tert-OH is 3. The van der Waals surface area contributed by atoms with Gasteiger partial charge in [0.1, 0.15) is 0 Å². The van der Waals surface area contributed by atoms with Crippen LogP contribution >= 0.6 is 0 Å². The van der Waals surface area contributed by atoms with Crippen LogP contribution < -0.4 is 0 Å². The van der Waals surface area contributed by atoms with Crippen molar-refractivity contribution in [2.75, 3.05) is 0 Å². The predicted octanol–water partition coefficient (Wildman–Crippen LogP) is 4.05. The minimum atomic E-state index is -1.06. The third kappa shape index (κ3) is 6.14. The van der Waals surface area contributed by atoms with Crippen molar-refractivity contribution in [3.63, 3.8) is 0 Å². The molecule has 0 amide bonds. The van der Waals surface area contributed by atoms with E-state index in [0.717, 1.165) is 18.4 Å². The summed E-state index contributed by atoms with van der Waals surface area (Å²) in [6.07, 6.45) is 11.2. The third-order valence-corrected chi connectivity index (χ3v) is 10.1. The molecule has 5 N–H and O–H groups in total. The van der Waals surface area contributed by atoms with Crippen LogP contribution in [-0.4, -0.2) is 65.0 Å². The largest absolute Gasteiger partial charge is 0.392 e. The molecular formula is C30H48N4O4. The Morgan fingerprint density at radius 1 is 1.21 bits per heavy atom. The average Bonchev–Trinajstić information content (AvgIpc) is 3.50. The van der Waals surface area contributed by atoms with Gasteiger partial charge in [-0.3, -0.25) is 0 Å². The number of aromatic amines is 1. The Kier molecular flexibility index (Phi) is 8.97. The third-order valence-electron chi connectivity index (χ3n) is 10.1. The van der Waals surface area contributed by atoms with E-state index < -0.39 is 23.9 Å². The predicted molar refractivity (Wildman–Crippen MR) is 147 cm³/mol. The zero-order chi connectivity index (χ0) is 27.7. The molecule has 212 valence electrons. The lowest BCUT2D eigenvalue weighted by Gasteiger charge is -2.44. The topological polar surface area (TPSA) is 135 Å². The number of allylic oxidation sites excluding steroid dienone is 3. The molecule has 8 heteroatoms. The van der Waals surface area contributed by atoms with Gasteiger partial charge < -0.3 is 20.4 Å². The molecule has 8 nitrogen and oxygen atoms in total. The van der Waals surface area contributed by atoms with Gasteiger partial charge in [-0.2, -0.15) is 5.21 Å². The molecule has 0 spiro atoms. The van der Waals surface area contributed by atoms with Crippen molar-refractivity contribution in [3.8, 4) is 0 Å². The van der Waals surface area contributed by atoms with Gasteiger partial charge in [-0.05, 0) is 106 Å². The highest BCUT2D eigenvalue weighted by Gasteiger charge is 2.50. The van der Waals surface area contributed by atoms with Crippen molar-refractivity contribution in [3.05, 3.63) is 41.3 Å². The summed E-state index contributed by atoms with van der Waals surface area (Å²) < 4.78 is 0. The molecule has 4 rings (SSSR count). The maximum Gasteiger partial charge on any atom is 0.174 e. The van der Waals surface area contributed by atoms with Gasteiger partial charge >= 0.3 is 0 Å². The first-order valence-corrected chi connectivity index (χ1v) is 14.5. The van der Waals surface area contributed by atoms with E-state index in [2.05, 4.69) is 53.2 Å². The molecule has 0 aliphatic heterocycles. The molecule has 38 heavy (non-hydrogen) atoms. The summed E-state index contributed by atoms with van der Waals surface area (Å²) in [4.78, 5) is 0. The Balaban J connectivity index is 1.41. The quantitative estimate of drug-likeness (QED) is 0.326. The van der Waals surface area contributed by atoms with Crippen molar-refractivity contribution in [1.82, 2.24) is 20.6 Å². The second-order valence-corrected chi connectivity index (χ2v) is 13.0. The monoisotopic (exact) mass is 528 g/mol. The van der Waals surface area contributed by atoms with Gasteiger partial charge in [-0.15, -0.1) is 10.2 Å². The number of H-pyrrole nitrogens is 1. The lowest BCUT2D eigenvalue weighted by Crippen LogP contribution is -2.39. The lowest BCUT2D eigenvalue weighted by atomic mass is 9.60. The van der Waals surface area contributed by atoms with Gasteiger partial charge in [0.25, 0.3) is 0 Å². The van der Waals surface area contributed by atoms with Crippen LogP contribution in [0.25, 0.3) is 0 Å². The van der Waals surface area contributed by atoms with Crippen molar-refractivity contribution < 1.29 is 20.4 Å². The number of rotatable bonds is 9. The Morgan fingerprint density at radius 3 is 2.66 bits per heavy atom. The second kappa shape index (κ2) is 11.7. The summed E-state index contributed by atoms with van der Waals surface area (Å²) in [7, 11) is 0. The number of aliphatic hydroxyl groups is 4. The highest BCUT2D eigenvalue weighted by atomic mass is 16.3. The molecule has 0 aromatic carbocycles. The number of nitrogens with one attached hydrogen (secondary N) is 1. The zero-order valence-electron chi connectivity index (χ0n) is 23.6. The van der Waals surface area contributed by atoms with Gasteiger partial charge in [0.15, 0.2) is 5.82 Å². The molecule has 0 unspecified atom stereocenters. The number of hydrogen-bond donors (Lipinski definition) is 5. The van der Waals surface area contributed by atoms with Crippen molar-refractivity contribution in [2.24, 2.45) is 29.1 Å². The summed E-state index contributed by atoms with van der Waals surface area (Å²) in [6.45, 7) is 12.3. The van der Waals surface area contributed by atoms with Gasteiger partial charge in [0.2, 0.25) is 0 Å². The van der Waals surface area contributed by atoms with E-state index in [1.807, 2.05) is 0 Å². The number of hydrogen-bond acceptors (Lipinski definition) is 7. The van der Waals surface area contributed by atoms with Gasteiger partial charge in [0.05, 0.1) is 23.9 Å². The van der Waals surface area contributed by atoms with Crippen LogP contribution in [0.2, 0.25) is 0 Å². The van der Waals surface area contributed by atoms with Gasteiger partial charge in [-0.25, -0.2) is 0 Å². The number of tetrazole rings is 1. The van der Waals surface area contributed by atoms with Crippen LogP contribution in [0.1, 0.15) is 91.3 Å². The fraction of sp³-hybridized carbons (Fsp3) is 0.767. The fourth-order valence-electron chi connectivity index (χ4n) is 7.67. The minimum Gasteiger partial charge on any atom is -0.392 e. The van der Waals surface area contributed by atoms with Crippen LogP contribution in [0.15, 0.2) is 35.5 Å². The molecule has 8 atom stereocenters. The summed E-state index contributed by atoms with van der Waals surface area (Å²) in [5.74, 6) is 1.92. The molecule has 3 fully saturated rings. The smallest absolute Gasteiger partial charge is 0.174 e. The fourth-order valence-corrected chi connectivity index (χ4v) is 7.67. The number of aromatic nitrogens is 4. The van der Waals surface area contributed by atoms with Crippen LogP contribution in [0.5, 0.6) is 0 Å². The molecule has 1 aromatic rings. The Labute approximate surface area is 227 Å². The summed E-state index contributed by atoms with van der Waals surface area (Å²) in [5.41, 5.74) is 2.30. The molecule has 0 radical (unpaired) electrons. The Bertz CT molecular complexity index is 1010. The van der Waals surface area contributed by atoms with Crippen molar-refractivity contribution >= 4 is 0 Å². The second-order valence-electron chi connectivity index (χ2n) is 13.0. The first-order chi connectivity index (χ1) is 17.9. The molecule has 0 saturated heterocycles. The van der Waals surface area contributed by atoms with E-state index in [0.29, 0.717) is 54.8 Å². The molecule has 1 aromatic heterocycles. The first kappa shape index (κ1) is 29.1. The van der Waals surface area contributed by atoms with Crippen LogP contribution in [0.4, 0.5) is 0 Å². The Morgan fingerprint density at radius 2 is 1.97 bits per heavy atom. The average molecular weight is 529 g/mol. The molecule has 1 heterocycles. The van der Waals surface area contributed by atoms with Crippen molar-refractivity contribution in [2.45, 2.75) is 116 Å². The van der Waals surface area contributed by atoms with Crippen LogP contribution in [-0.2, 0) is 6.42 Å². The van der Waals surface area contributed by atoms with Crippen molar-refractivity contribution in [1.29, 1.82) is 0 Å². The maximum absolute atomic E-state index is 11.0. The van der Waals surface area contributed by atoms with E-state index in [1.54, 1.807) is 13.8 Å². The van der Waals surface area contributed by atoms with Crippen LogP contribution in [0.3, 0.4) is 0 Å². The Hall–Kier alpha value is -1.87. The normalized spacial score (nSPS) is 36.0. The molecular weight excluding hydrogens is 480 g/mol. The van der Waals surface area contributed by atoms with E-state index in [4.69, 9.17) is 0 Å². The van der Waals surface area contributed by atoms with E-state index in [-0.39, 0.29) is 11.3 Å². The number of nitrogens with zero attached hydrogens (tertiary/aromatic N) is 3. The van der Waals surface area contributed by atoms with E-state index in [9.17, 15) is 20.4 Å². The molecule has 3 saturated carbocycles. The van der Waals surface area contributed by atoms with Gasteiger partial charge in [-0.1, -0.05) is 43.4 Å². The lowest BCUT2D eigenvalue weighted by molar-refractivity contribution is -0.0554. The van der Waals surface area contributed by atoms with E-state index >= 15 is 0 Å². The summed E-state index contributed by atoms with van der Waals surface area (Å²) in [5, 5.41) is 56.2. The highest BCUT2D eigenvalue weighted by molar-refractivity contribution is 5.39. The highest BCUT2D eigenvalue weighted by Crippen LogP contribution is 2.60. The summed E-state index contributed by atoms with van der Waals surface area (Å²) >= 11 is 0. The molecule has 0 bridgehead atoms. The zero-order valence-corrected chi connectivity index (χ0v) is 23.6. The minimum absolute atomic E-state index is 0.241. The van der Waals surface area contributed by atoms with E-state index in [1.165, 1.54) is 31.3 Å². The standard InChI is InChI=1S/C30H48N4O4/c1-18(8-14-26(36)29(3,4)38)23-12-13-24-20(7-6-16-30(23,24)5)9-10-21-17-25(35)22(28(37)19(21)2)11-15-27-31-33-34-32-27/h9-10,18,22-26,28,35-38H,2,6-8,11-17H2,1,3-5H3,(H,31,32,33,34)/b20-9+,21-10-/t18-,22+,23-,24+,25-,26-,28-,30-/m1/s1. The summed E-state index contributed by atoms with van der Waals surface area (Å²) in [6, 6.07) is 0. The molecule has 3 aliphatic rings. The SMILES string of the molecule is C=C1/C(=C\C=C2/CCC[C@]3(C)[C@@H]([C@H](C)CC[C@@H](O)C(C)(C)O)CC[C@@H]23)C[C@@H](O)[C@H](CCc2nn[nH]n2)[C@@H]1O. The van der Waals surface area contributed by atoms with Crippen LogP contribution in [0, 0.1) is 29.1 Å². The maximum atomic E-state index is 11.0. The van der Waals surface area contributed by atoms with Gasteiger partial charge in [0, 0.05) is 12.3 Å². The first-order valence-electron chi connectivity index (χ1n) is 14.5. The molecule has 3 aliphatic carbocycles. The number of fused-ring (bicyclic) bond motifs is 1.